The minimum Gasteiger partial charge on any atom is -0.368 e. The molecule has 0 spiro atoms. The number of hydrogen-bond acceptors (Lipinski definition) is 4. The molecule has 2 fully saturated rings. The van der Waals surface area contributed by atoms with E-state index in [1.165, 1.54) is 0 Å². The summed E-state index contributed by atoms with van der Waals surface area (Å²) in [4.78, 5) is 0. The Hall–Kier alpha value is -0.210. The molecule has 0 aromatic rings. The zero-order chi connectivity index (χ0) is 15.0. The lowest BCUT2D eigenvalue weighted by Crippen LogP contribution is -2.59. The van der Waals surface area contributed by atoms with Crippen LogP contribution in [0.4, 0.5) is 0 Å². The molecular formula is C13H27N3O3S. The highest BCUT2D eigenvalue weighted by Gasteiger charge is 2.41. The molecular weight excluding hydrogens is 278 g/mol. The average molecular weight is 305 g/mol. The number of piperidine rings is 1. The van der Waals surface area contributed by atoms with Gasteiger partial charge in [-0.15, -0.1) is 0 Å². The number of hydrogen-bond donors (Lipinski definition) is 1. The minimum absolute atomic E-state index is 0.225. The predicted molar refractivity (Wildman–Crippen MR) is 78.5 cm³/mol. The van der Waals surface area contributed by atoms with Gasteiger partial charge in [0.15, 0.2) is 0 Å². The monoisotopic (exact) mass is 305 g/mol. The van der Waals surface area contributed by atoms with E-state index in [1.54, 1.807) is 8.61 Å². The molecule has 2 aliphatic rings. The van der Waals surface area contributed by atoms with Crippen LogP contribution in [0.15, 0.2) is 0 Å². The van der Waals surface area contributed by atoms with E-state index in [1.807, 2.05) is 13.8 Å². The van der Waals surface area contributed by atoms with Gasteiger partial charge in [0.05, 0.1) is 11.7 Å². The molecule has 0 radical (unpaired) electrons. The highest BCUT2D eigenvalue weighted by Crippen LogP contribution is 2.26. The normalized spacial score (nSPS) is 30.5. The molecule has 2 aliphatic heterocycles. The molecule has 0 aromatic carbocycles. The SMILES string of the molecule is CC1CCN(S(=O)(=O)N2CC(CN)OC(C)(C)C2)CC1. The van der Waals surface area contributed by atoms with Crippen molar-refractivity contribution in [3.05, 3.63) is 0 Å². The molecule has 0 bridgehead atoms. The fourth-order valence-corrected chi connectivity index (χ4v) is 4.75. The lowest BCUT2D eigenvalue weighted by molar-refractivity contribution is -0.113. The van der Waals surface area contributed by atoms with Gasteiger partial charge in [0.2, 0.25) is 0 Å². The number of ether oxygens (including phenoxy) is 1. The lowest BCUT2D eigenvalue weighted by Gasteiger charge is -2.44. The molecule has 1 unspecified atom stereocenters. The molecule has 0 aromatic heterocycles. The quantitative estimate of drug-likeness (QED) is 0.819. The van der Waals surface area contributed by atoms with Crippen LogP contribution < -0.4 is 5.73 Å². The smallest absolute Gasteiger partial charge is 0.282 e. The van der Waals surface area contributed by atoms with Gasteiger partial charge in [-0.1, -0.05) is 6.92 Å². The average Bonchev–Trinajstić information content (AvgIpc) is 2.37. The number of nitrogens with zero attached hydrogens (tertiary/aromatic N) is 2. The maximum absolute atomic E-state index is 12.8. The van der Waals surface area contributed by atoms with Crippen LogP contribution in [-0.2, 0) is 14.9 Å². The molecule has 20 heavy (non-hydrogen) atoms. The van der Waals surface area contributed by atoms with Crippen molar-refractivity contribution in [2.24, 2.45) is 11.7 Å². The Labute approximate surface area is 122 Å². The lowest BCUT2D eigenvalue weighted by atomic mass is 10.0. The van der Waals surface area contributed by atoms with Crippen molar-refractivity contribution in [1.29, 1.82) is 0 Å². The Balaban J connectivity index is 2.12. The molecule has 118 valence electrons. The van der Waals surface area contributed by atoms with Crippen LogP contribution in [0.2, 0.25) is 0 Å². The van der Waals surface area contributed by atoms with Crippen LogP contribution in [0, 0.1) is 5.92 Å². The largest absolute Gasteiger partial charge is 0.368 e. The van der Waals surface area contributed by atoms with E-state index in [9.17, 15) is 8.42 Å². The summed E-state index contributed by atoms with van der Waals surface area (Å²) in [6.07, 6.45) is 1.65. The summed E-state index contributed by atoms with van der Waals surface area (Å²) in [5, 5.41) is 0. The van der Waals surface area contributed by atoms with Gasteiger partial charge in [-0.25, -0.2) is 0 Å². The standard InChI is InChI=1S/C13H27N3O3S/c1-11-4-6-15(7-5-11)20(17,18)16-9-12(8-14)19-13(2,3)10-16/h11-12H,4-10,14H2,1-3H3. The highest BCUT2D eigenvalue weighted by atomic mass is 32.2. The number of morpholine rings is 1. The van der Waals surface area contributed by atoms with Crippen LogP contribution in [0.25, 0.3) is 0 Å². The topological polar surface area (TPSA) is 75.9 Å². The first-order valence-electron chi connectivity index (χ1n) is 7.38. The first-order valence-corrected chi connectivity index (χ1v) is 8.77. The van der Waals surface area contributed by atoms with Crippen molar-refractivity contribution in [1.82, 2.24) is 8.61 Å². The van der Waals surface area contributed by atoms with E-state index >= 15 is 0 Å². The van der Waals surface area contributed by atoms with Gasteiger partial charge in [-0.2, -0.15) is 17.0 Å². The van der Waals surface area contributed by atoms with Gasteiger partial charge in [-0.05, 0) is 32.6 Å². The Morgan fingerprint density at radius 1 is 1.25 bits per heavy atom. The molecule has 0 amide bonds. The second kappa shape index (κ2) is 5.88. The van der Waals surface area contributed by atoms with E-state index < -0.39 is 15.8 Å². The van der Waals surface area contributed by atoms with E-state index in [0.717, 1.165) is 12.8 Å². The van der Waals surface area contributed by atoms with Crippen molar-refractivity contribution in [2.45, 2.75) is 45.3 Å². The van der Waals surface area contributed by atoms with Crippen molar-refractivity contribution < 1.29 is 13.2 Å². The van der Waals surface area contributed by atoms with Gasteiger partial charge in [0.1, 0.15) is 0 Å². The van der Waals surface area contributed by atoms with Crippen LogP contribution in [0.1, 0.15) is 33.6 Å². The van der Waals surface area contributed by atoms with E-state index in [0.29, 0.717) is 38.6 Å². The Morgan fingerprint density at radius 2 is 1.85 bits per heavy atom. The number of nitrogens with two attached hydrogens (primary N) is 1. The van der Waals surface area contributed by atoms with E-state index in [-0.39, 0.29) is 6.10 Å². The zero-order valence-corrected chi connectivity index (χ0v) is 13.5. The second-order valence-corrected chi connectivity index (χ2v) is 8.55. The third-order valence-corrected chi connectivity index (χ3v) is 6.06. The Bertz CT molecular complexity index is 430. The first kappa shape index (κ1) is 16.2. The third kappa shape index (κ3) is 3.51. The molecule has 2 saturated heterocycles. The number of rotatable bonds is 3. The Kier molecular flexibility index (Phi) is 4.76. The maximum Gasteiger partial charge on any atom is 0.282 e. The van der Waals surface area contributed by atoms with E-state index in [2.05, 4.69) is 6.92 Å². The summed E-state index contributed by atoms with van der Waals surface area (Å²) in [5.74, 6) is 0.611. The fourth-order valence-electron chi connectivity index (χ4n) is 2.92. The zero-order valence-electron chi connectivity index (χ0n) is 12.7. The van der Waals surface area contributed by atoms with Crippen LogP contribution >= 0.6 is 0 Å². The van der Waals surface area contributed by atoms with Crippen LogP contribution in [0.5, 0.6) is 0 Å². The van der Waals surface area contributed by atoms with Crippen LogP contribution in [-0.4, -0.2) is 61.5 Å². The third-order valence-electron chi connectivity index (χ3n) is 4.11. The Morgan fingerprint density at radius 3 is 2.40 bits per heavy atom. The van der Waals surface area contributed by atoms with Crippen molar-refractivity contribution in [2.75, 3.05) is 32.7 Å². The van der Waals surface area contributed by atoms with Crippen molar-refractivity contribution in [3.8, 4) is 0 Å². The summed E-state index contributed by atoms with van der Waals surface area (Å²) >= 11 is 0. The van der Waals surface area contributed by atoms with Gasteiger partial charge in [-0.3, -0.25) is 0 Å². The van der Waals surface area contributed by atoms with Gasteiger partial charge < -0.3 is 10.5 Å². The summed E-state index contributed by atoms with van der Waals surface area (Å²) in [6.45, 7) is 8.32. The highest BCUT2D eigenvalue weighted by molar-refractivity contribution is 7.86. The van der Waals surface area contributed by atoms with Gasteiger partial charge >= 0.3 is 0 Å². The molecule has 0 aliphatic carbocycles. The van der Waals surface area contributed by atoms with Crippen LogP contribution in [0.3, 0.4) is 0 Å². The molecule has 2 rings (SSSR count). The summed E-state index contributed by atoms with van der Waals surface area (Å²) < 4.78 is 34.5. The summed E-state index contributed by atoms with van der Waals surface area (Å²) in [5.41, 5.74) is 5.18. The second-order valence-electron chi connectivity index (χ2n) is 6.62. The molecule has 2 N–H and O–H groups in total. The first-order chi connectivity index (χ1) is 9.24. The molecule has 7 heteroatoms. The minimum atomic E-state index is -3.39. The fraction of sp³-hybridized carbons (Fsp3) is 1.00. The van der Waals surface area contributed by atoms with Crippen molar-refractivity contribution in [3.63, 3.8) is 0 Å². The van der Waals surface area contributed by atoms with E-state index in [4.69, 9.17) is 10.5 Å². The van der Waals surface area contributed by atoms with Gasteiger partial charge in [0, 0.05) is 32.7 Å². The van der Waals surface area contributed by atoms with Gasteiger partial charge in [0.25, 0.3) is 10.2 Å². The summed E-state index contributed by atoms with van der Waals surface area (Å²) in [7, 11) is -3.39. The molecule has 0 saturated carbocycles. The summed E-state index contributed by atoms with van der Waals surface area (Å²) in [6, 6.07) is 0. The molecule has 1 atom stereocenters. The van der Waals surface area contributed by atoms with Crippen molar-refractivity contribution >= 4 is 10.2 Å². The predicted octanol–water partition coefficient (Wildman–Crippen LogP) is 0.401. The molecule has 6 nitrogen and oxygen atoms in total. The molecule has 2 heterocycles. The maximum atomic E-state index is 12.8.